The molecule has 0 fully saturated rings. The molecule has 1 aromatic carbocycles. The maximum atomic E-state index is 12.7. The SMILES string of the molecule is CO/C(=N/N=C/c1ccc(F)cc1)c1ccncc1. The summed E-state index contributed by atoms with van der Waals surface area (Å²) in [4.78, 5) is 3.91. The predicted molar refractivity (Wildman–Crippen MR) is 71.8 cm³/mol. The van der Waals surface area contributed by atoms with Gasteiger partial charge in [-0.3, -0.25) is 4.98 Å². The van der Waals surface area contributed by atoms with Crippen molar-refractivity contribution in [1.29, 1.82) is 0 Å². The van der Waals surface area contributed by atoms with E-state index < -0.39 is 0 Å². The number of benzene rings is 1. The first-order valence-electron chi connectivity index (χ1n) is 5.60. The van der Waals surface area contributed by atoms with Crippen LogP contribution in [0.15, 0.2) is 59.0 Å². The lowest BCUT2D eigenvalue weighted by Crippen LogP contribution is -2.02. The van der Waals surface area contributed by atoms with Crippen molar-refractivity contribution in [2.45, 2.75) is 0 Å². The Kier molecular flexibility index (Phi) is 4.34. The highest BCUT2D eigenvalue weighted by atomic mass is 19.1. The number of halogens is 1. The molecule has 0 aliphatic rings. The highest BCUT2D eigenvalue weighted by Crippen LogP contribution is 2.02. The fourth-order valence-corrected chi connectivity index (χ4v) is 1.41. The molecule has 0 aliphatic heterocycles. The molecule has 0 saturated heterocycles. The van der Waals surface area contributed by atoms with Gasteiger partial charge in [0.25, 0.3) is 0 Å². The largest absolute Gasteiger partial charge is 0.479 e. The third-order valence-corrected chi connectivity index (χ3v) is 2.35. The summed E-state index contributed by atoms with van der Waals surface area (Å²) in [5.74, 6) is 0.107. The molecule has 1 heterocycles. The minimum Gasteiger partial charge on any atom is -0.479 e. The number of aromatic nitrogens is 1. The summed E-state index contributed by atoms with van der Waals surface area (Å²) in [6, 6.07) is 9.52. The Labute approximate surface area is 110 Å². The van der Waals surface area contributed by atoms with Crippen LogP contribution in [0.25, 0.3) is 0 Å². The fourth-order valence-electron chi connectivity index (χ4n) is 1.41. The monoisotopic (exact) mass is 257 g/mol. The smallest absolute Gasteiger partial charge is 0.240 e. The van der Waals surface area contributed by atoms with Crippen molar-refractivity contribution in [3.8, 4) is 0 Å². The summed E-state index contributed by atoms with van der Waals surface area (Å²) in [6.07, 6.45) is 4.82. The Balaban J connectivity index is 2.14. The van der Waals surface area contributed by atoms with E-state index in [1.165, 1.54) is 25.5 Å². The maximum Gasteiger partial charge on any atom is 0.240 e. The lowest BCUT2D eigenvalue weighted by Gasteiger charge is -2.01. The molecule has 19 heavy (non-hydrogen) atoms. The average Bonchev–Trinajstić information content (AvgIpc) is 2.46. The fraction of sp³-hybridized carbons (Fsp3) is 0.0714. The minimum absolute atomic E-state index is 0.282. The third kappa shape index (κ3) is 3.70. The van der Waals surface area contributed by atoms with E-state index in [1.807, 2.05) is 0 Å². The van der Waals surface area contributed by atoms with Gasteiger partial charge < -0.3 is 4.74 Å². The first-order valence-corrected chi connectivity index (χ1v) is 5.60. The number of hydrogen-bond acceptors (Lipinski definition) is 4. The zero-order valence-corrected chi connectivity index (χ0v) is 10.3. The molecule has 0 amide bonds. The van der Waals surface area contributed by atoms with Crippen molar-refractivity contribution in [2.75, 3.05) is 7.11 Å². The lowest BCUT2D eigenvalue weighted by molar-refractivity contribution is 0.403. The van der Waals surface area contributed by atoms with E-state index in [2.05, 4.69) is 15.2 Å². The van der Waals surface area contributed by atoms with Crippen molar-refractivity contribution in [3.05, 3.63) is 65.7 Å². The molecule has 2 rings (SSSR count). The van der Waals surface area contributed by atoms with Crippen molar-refractivity contribution in [3.63, 3.8) is 0 Å². The van der Waals surface area contributed by atoms with Gasteiger partial charge in [0, 0.05) is 18.0 Å². The summed E-state index contributed by atoms with van der Waals surface area (Å²) < 4.78 is 17.9. The van der Waals surface area contributed by atoms with Gasteiger partial charge in [-0.05, 0) is 29.8 Å². The number of pyridine rings is 1. The van der Waals surface area contributed by atoms with Gasteiger partial charge in [0.15, 0.2) is 0 Å². The molecular formula is C14H12FN3O. The second-order valence-electron chi connectivity index (χ2n) is 3.64. The van der Waals surface area contributed by atoms with Gasteiger partial charge in [0.05, 0.1) is 13.3 Å². The molecule has 0 bridgehead atoms. The first kappa shape index (κ1) is 12.9. The second-order valence-corrected chi connectivity index (χ2v) is 3.64. The summed E-state index contributed by atoms with van der Waals surface area (Å²) in [5, 5.41) is 7.89. The maximum absolute atomic E-state index is 12.7. The van der Waals surface area contributed by atoms with Gasteiger partial charge in [-0.25, -0.2) is 4.39 Å². The van der Waals surface area contributed by atoms with E-state index in [4.69, 9.17) is 4.74 Å². The third-order valence-electron chi connectivity index (χ3n) is 2.35. The van der Waals surface area contributed by atoms with Crippen molar-refractivity contribution >= 4 is 12.1 Å². The molecule has 2 aromatic rings. The standard InChI is InChI=1S/C14H12FN3O/c1-19-14(12-6-8-16-9-7-12)18-17-10-11-2-4-13(15)5-3-11/h2-10H,1H3/b17-10+,18-14+. The first-order chi connectivity index (χ1) is 9.29. The van der Waals surface area contributed by atoms with Gasteiger partial charge in [-0.1, -0.05) is 12.1 Å². The molecule has 0 spiro atoms. The predicted octanol–water partition coefficient (Wildman–Crippen LogP) is 2.65. The van der Waals surface area contributed by atoms with Gasteiger partial charge in [0.2, 0.25) is 5.90 Å². The molecule has 0 N–H and O–H groups in total. The summed E-state index contributed by atoms with van der Waals surface area (Å²) in [5.41, 5.74) is 1.55. The van der Waals surface area contributed by atoms with E-state index in [0.717, 1.165) is 11.1 Å². The molecule has 5 heteroatoms. The van der Waals surface area contributed by atoms with Crippen LogP contribution in [0, 0.1) is 5.82 Å². The van der Waals surface area contributed by atoms with Crippen molar-refractivity contribution in [1.82, 2.24) is 4.98 Å². The van der Waals surface area contributed by atoms with E-state index in [-0.39, 0.29) is 5.82 Å². The van der Waals surface area contributed by atoms with Gasteiger partial charge in [-0.2, -0.15) is 5.10 Å². The summed E-state index contributed by atoms with van der Waals surface area (Å²) >= 11 is 0. The molecule has 0 atom stereocenters. The normalized spacial score (nSPS) is 11.8. The van der Waals surface area contributed by atoms with Crippen LogP contribution in [0.3, 0.4) is 0 Å². The number of nitrogens with zero attached hydrogens (tertiary/aromatic N) is 3. The Bertz CT molecular complexity index is 579. The van der Waals surface area contributed by atoms with E-state index in [1.54, 1.807) is 36.7 Å². The Hall–Kier alpha value is -2.56. The zero-order valence-electron chi connectivity index (χ0n) is 10.3. The summed E-state index contributed by atoms with van der Waals surface area (Å²) in [7, 11) is 1.52. The highest BCUT2D eigenvalue weighted by molar-refractivity contribution is 5.94. The molecule has 1 aromatic heterocycles. The highest BCUT2D eigenvalue weighted by Gasteiger charge is 2.01. The second kappa shape index (κ2) is 6.39. The average molecular weight is 257 g/mol. The van der Waals surface area contributed by atoms with Crippen LogP contribution < -0.4 is 0 Å². The van der Waals surface area contributed by atoms with E-state index >= 15 is 0 Å². The van der Waals surface area contributed by atoms with Crippen LogP contribution >= 0.6 is 0 Å². The number of hydrogen-bond donors (Lipinski definition) is 0. The molecular weight excluding hydrogens is 245 g/mol. The van der Waals surface area contributed by atoms with Crippen LogP contribution in [0.5, 0.6) is 0 Å². The van der Waals surface area contributed by atoms with Gasteiger partial charge in [-0.15, -0.1) is 5.10 Å². The van der Waals surface area contributed by atoms with Crippen LogP contribution in [-0.4, -0.2) is 24.2 Å². The van der Waals surface area contributed by atoms with Crippen molar-refractivity contribution < 1.29 is 9.13 Å². The lowest BCUT2D eigenvalue weighted by atomic mass is 10.2. The van der Waals surface area contributed by atoms with Gasteiger partial charge in [0.1, 0.15) is 5.82 Å². The molecule has 96 valence electrons. The molecule has 0 saturated carbocycles. The Morgan fingerprint density at radius 1 is 1.16 bits per heavy atom. The molecule has 0 radical (unpaired) electrons. The minimum atomic E-state index is -0.282. The topological polar surface area (TPSA) is 46.8 Å². The van der Waals surface area contributed by atoms with E-state index in [0.29, 0.717) is 5.90 Å². The quantitative estimate of drug-likeness (QED) is 0.482. The van der Waals surface area contributed by atoms with Crippen LogP contribution in [-0.2, 0) is 4.74 Å². The zero-order chi connectivity index (χ0) is 13.5. The van der Waals surface area contributed by atoms with Crippen LogP contribution in [0.1, 0.15) is 11.1 Å². The van der Waals surface area contributed by atoms with Crippen LogP contribution in [0.2, 0.25) is 0 Å². The Morgan fingerprint density at radius 3 is 2.47 bits per heavy atom. The number of rotatable bonds is 3. The number of ether oxygens (including phenoxy) is 1. The summed E-state index contributed by atoms with van der Waals surface area (Å²) in [6.45, 7) is 0. The molecule has 0 aliphatic carbocycles. The van der Waals surface area contributed by atoms with E-state index in [9.17, 15) is 4.39 Å². The molecule has 4 nitrogen and oxygen atoms in total. The molecule has 0 unspecified atom stereocenters. The Morgan fingerprint density at radius 2 is 1.84 bits per heavy atom. The van der Waals surface area contributed by atoms with Crippen LogP contribution in [0.4, 0.5) is 4.39 Å². The van der Waals surface area contributed by atoms with Gasteiger partial charge >= 0.3 is 0 Å². The number of methoxy groups -OCH3 is 1. The van der Waals surface area contributed by atoms with Crippen molar-refractivity contribution in [2.24, 2.45) is 10.2 Å².